The molecular weight excluding hydrogens is 356 g/mol. The van der Waals surface area contributed by atoms with Crippen molar-refractivity contribution in [2.75, 3.05) is 7.05 Å². The van der Waals surface area contributed by atoms with Crippen LogP contribution in [0.15, 0.2) is 78.9 Å². The van der Waals surface area contributed by atoms with Gasteiger partial charge in [0, 0.05) is 24.5 Å². The lowest BCUT2D eigenvalue weighted by Gasteiger charge is -2.19. The third-order valence-electron chi connectivity index (χ3n) is 5.36. The van der Waals surface area contributed by atoms with Gasteiger partial charge in [-0.1, -0.05) is 60.7 Å². The molecule has 0 spiro atoms. The highest BCUT2D eigenvalue weighted by atomic mass is 16.2. The van der Waals surface area contributed by atoms with Crippen LogP contribution in [0.4, 0.5) is 0 Å². The molecule has 3 aromatic carbocycles. The fourth-order valence-corrected chi connectivity index (χ4v) is 3.54. The van der Waals surface area contributed by atoms with Crippen LogP contribution in [-0.4, -0.2) is 22.8 Å². The van der Waals surface area contributed by atoms with Gasteiger partial charge >= 0.3 is 0 Å². The number of hydrogen-bond acceptors (Lipinski definition) is 2. The molecule has 0 saturated carbocycles. The summed E-state index contributed by atoms with van der Waals surface area (Å²) in [5.41, 5.74) is 6.93. The average Bonchev–Trinajstić information content (AvgIpc) is 2.75. The Kier molecular flexibility index (Phi) is 5.13. The van der Waals surface area contributed by atoms with Crippen LogP contribution >= 0.6 is 0 Å². The molecule has 144 valence electrons. The van der Waals surface area contributed by atoms with Crippen LogP contribution in [0.5, 0.6) is 0 Å². The molecule has 0 aliphatic rings. The van der Waals surface area contributed by atoms with E-state index in [1.54, 1.807) is 4.90 Å². The lowest BCUT2D eigenvalue weighted by atomic mass is 10.0. The number of aromatic nitrogens is 1. The van der Waals surface area contributed by atoms with Gasteiger partial charge in [-0.3, -0.25) is 4.79 Å². The van der Waals surface area contributed by atoms with Gasteiger partial charge in [0.15, 0.2) is 0 Å². The predicted octanol–water partition coefficient (Wildman–Crippen LogP) is 5.79. The SMILES string of the molecule is Cc1ccc(-c2cc(C(=O)N(C)Cc3ccccc3)c3ccccc3n2)cc1C. The van der Waals surface area contributed by atoms with Gasteiger partial charge in [0.1, 0.15) is 0 Å². The lowest BCUT2D eigenvalue weighted by Crippen LogP contribution is -2.26. The molecule has 3 nitrogen and oxygen atoms in total. The van der Waals surface area contributed by atoms with E-state index in [9.17, 15) is 4.79 Å². The first-order chi connectivity index (χ1) is 14.0. The number of pyridine rings is 1. The van der Waals surface area contributed by atoms with Crippen molar-refractivity contribution in [1.29, 1.82) is 0 Å². The van der Waals surface area contributed by atoms with E-state index in [1.807, 2.05) is 67.7 Å². The van der Waals surface area contributed by atoms with Crippen LogP contribution < -0.4 is 0 Å². The van der Waals surface area contributed by atoms with Crippen LogP contribution in [0, 0.1) is 13.8 Å². The fourth-order valence-electron chi connectivity index (χ4n) is 3.54. The highest BCUT2D eigenvalue weighted by Gasteiger charge is 2.18. The number of fused-ring (bicyclic) bond motifs is 1. The number of carbonyl (C=O) groups is 1. The zero-order chi connectivity index (χ0) is 20.4. The molecular formula is C26H24N2O. The van der Waals surface area contributed by atoms with Gasteiger partial charge in [-0.25, -0.2) is 4.98 Å². The van der Waals surface area contributed by atoms with Crippen LogP contribution in [0.25, 0.3) is 22.2 Å². The molecule has 29 heavy (non-hydrogen) atoms. The Morgan fingerprint density at radius 2 is 1.59 bits per heavy atom. The zero-order valence-corrected chi connectivity index (χ0v) is 17.0. The van der Waals surface area contributed by atoms with Gasteiger partial charge in [-0.2, -0.15) is 0 Å². The fraction of sp³-hybridized carbons (Fsp3) is 0.154. The Labute approximate surface area is 171 Å². The molecule has 0 fully saturated rings. The number of rotatable bonds is 4. The monoisotopic (exact) mass is 380 g/mol. The summed E-state index contributed by atoms with van der Waals surface area (Å²) >= 11 is 0. The standard InChI is InChI=1S/C26H24N2O/c1-18-13-14-21(15-19(18)2)25-16-23(22-11-7-8-12-24(22)27-25)26(29)28(3)17-20-9-5-4-6-10-20/h4-16H,17H2,1-3H3. The van der Waals surface area contributed by atoms with Crippen molar-refractivity contribution >= 4 is 16.8 Å². The van der Waals surface area contributed by atoms with Gasteiger partial charge in [0.25, 0.3) is 5.91 Å². The lowest BCUT2D eigenvalue weighted by molar-refractivity contribution is 0.0787. The molecule has 0 N–H and O–H groups in total. The maximum Gasteiger partial charge on any atom is 0.254 e. The van der Waals surface area contributed by atoms with Crippen LogP contribution in [0.1, 0.15) is 27.0 Å². The minimum Gasteiger partial charge on any atom is -0.337 e. The van der Waals surface area contributed by atoms with E-state index in [1.165, 1.54) is 11.1 Å². The molecule has 1 aromatic heterocycles. The quantitative estimate of drug-likeness (QED) is 0.449. The van der Waals surface area contributed by atoms with E-state index in [-0.39, 0.29) is 5.91 Å². The molecule has 0 saturated heterocycles. The predicted molar refractivity (Wildman–Crippen MR) is 119 cm³/mol. The summed E-state index contributed by atoms with van der Waals surface area (Å²) < 4.78 is 0. The summed E-state index contributed by atoms with van der Waals surface area (Å²) in [5, 5.41) is 0.880. The third-order valence-corrected chi connectivity index (χ3v) is 5.36. The number of amides is 1. The summed E-state index contributed by atoms with van der Waals surface area (Å²) in [6.07, 6.45) is 0. The van der Waals surface area contributed by atoms with Gasteiger partial charge < -0.3 is 4.90 Å². The second-order valence-electron chi connectivity index (χ2n) is 7.52. The van der Waals surface area contributed by atoms with Crippen LogP contribution in [0.2, 0.25) is 0 Å². The second-order valence-corrected chi connectivity index (χ2v) is 7.52. The molecule has 0 atom stereocenters. The summed E-state index contributed by atoms with van der Waals surface area (Å²) in [6.45, 7) is 4.76. The van der Waals surface area contributed by atoms with Crippen molar-refractivity contribution in [1.82, 2.24) is 9.88 Å². The van der Waals surface area contributed by atoms with Crippen molar-refractivity contribution in [2.45, 2.75) is 20.4 Å². The first-order valence-corrected chi connectivity index (χ1v) is 9.80. The average molecular weight is 380 g/mol. The van der Waals surface area contributed by atoms with Crippen LogP contribution in [-0.2, 0) is 6.54 Å². The molecule has 3 heteroatoms. The molecule has 0 radical (unpaired) electrons. The van der Waals surface area contributed by atoms with E-state index < -0.39 is 0 Å². The first-order valence-electron chi connectivity index (χ1n) is 9.80. The summed E-state index contributed by atoms with van der Waals surface area (Å²) in [7, 11) is 1.85. The highest BCUT2D eigenvalue weighted by molar-refractivity contribution is 6.07. The van der Waals surface area contributed by atoms with Crippen molar-refractivity contribution in [2.24, 2.45) is 0 Å². The first kappa shape index (κ1) is 18.9. The van der Waals surface area contributed by atoms with Crippen LogP contribution in [0.3, 0.4) is 0 Å². The number of hydrogen-bond donors (Lipinski definition) is 0. The van der Waals surface area contributed by atoms with Gasteiger partial charge in [0.2, 0.25) is 0 Å². The van der Waals surface area contributed by atoms with E-state index in [0.717, 1.165) is 27.7 Å². The molecule has 4 rings (SSSR count). The van der Waals surface area contributed by atoms with Crippen molar-refractivity contribution in [3.8, 4) is 11.3 Å². The Morgan fingerprint density at radius 1 is 0.862 bits per heavy atom. The van der Waals surface area contributed by atoms with E-state index in [4.69, 9.17) is 4.98 Å². The summed E-state index contributed by atoms with van der Waals surface area (Å²) in [5.74, 6) is -0.00228. The minimum absolute atomic E-state index is 0.00228. The Balaban J connectivity index is 1.78. The number of carbonyl (C=O) groups excluding carboxylic acids is 1. The van der Waals surface area contributed by atoms with Crippen molar-refractivity contribution in [3.63, 3.8) is 0 Å². The van der Waals surface area contributed by atoms with Crippen molar-refractivity contribution in [3.05, 3.63) is 101 Å². The minimum atomic E-state index is -0.00228. The Morgan fingerprint density at radius 3 is 2.34 bits per heavy atom. The molecule has 1 heterocycles. The van der Waals surface area contributed by atoms with E-state index in [2.05, 4.69) is 32.0 Å². The number of aryl methyl sites for hydroxylation is 2. The summed E-state index contributed by atoms with van der Waals surface area (Å²) in [6, 6.07) is 26.1. The second kappa shape index (κ2) is 7.88. The van der Waals surface area contributed by atoms with E-state index in [0.29, 0.717) is 12.1 Å². The normalized spacial score (nSPS) is 10.9. The Bertz CT molecular complexity index is 1180. The smallest absolute Gasteiger partial charge is 0.254 e. The number of benzene rings is 3. The maximum atomic E-state index is 13.4. The highest BCUT2D eigenvalue weighted by Crippen LogP contribution is 2.27. The molecule has 4 aromatic rings. The molecule has 1 amide bonds. The zero-order valence-electron chi connectivity index (χ0n) is 17.0. The van der Waals surface area contributed by atoms with E-state index >= 15 is 0 Å². The third kappa shape index (κ3) is 3.90. The maximum absolute atomic E-state index is 13.4. The number of para-hydroxylation sites is 1. The van der Waals surface area contributed by atoms with Gasteiger partial charge in [0.05, 0.1) is 16.8 Å². The van der Waals surface area contributed by atoms with Gasteiger partial charge in [-0.05, 0) is 48.7 Å². The van der Waals surface area contributed by atoms with Gasteiger partial charge in [-0.15, -0.1) is 0 Å². The topological polar surface area (TPSA) is 33.2 Å². The largest absolute Gasteiger partial charge is 0.337 e. The van der Waals surface area contributed by atoms with Crippen molar-refractivity contribution < 1.29 is 4.79 Å². The molecule has 0 aliphatic heterocycles. The molecule has 0 bridgehead atoms. The molecule has 0 unspecified atom stereocenters. The molecule has 0 aliphatic carbocycles. The Hall–Kier alpha value is -3.46. The summed E-state index contributed by atoms with van der Waals surface area (Å²) in [4.78, 5) is 20.0. The number of nitrogens with zero attached hydrogens (tertiary/aromatic N) is 2.